The molecule has 0 heterocycles. The highest BCUT2D eigenvalue weighted by Crippen LogP contribution is 2.06. The Morgan fingerprint density at radius 1 is 0.471 bits per heavy atom. The lowest BCUT2D eigenvalue weighted by molar-refractivity contribution is 0.261. The van der Waals surface area contributed by atoms with Gasteiger partial charge in [-0.3, -0.25) is 0 Å². The zero-order valence-corrected chi connectivity index (χ0v) is 12.6. The van der Waals surface area contributed by atoms with Crippen LogP contribution in [0.4, 0.5) is 0 Å². The van der Waals surface area contributed by atoms with Gasteiger partial charge in [-0.05, 0) is 38.9 Å². The molecule has 0 unspecified atom stereocenters. The van der Waals surface area contributed by atoms with Crippen molar-refractivity contribution in [3.63, 3.8) is 0 Å². The molecular formula is C16H35N. The Morgan fingerprint density at radius 2 is 0.941 bits per heavy atom. The molecule has 0 radical (unpaired) electrons. The summed E-state index contributed by atoms with van der Waals surface area (Å²) in [5.41, 5.74) is 0. The van der Waals surface area contributed by atoms with Gasteiger partial charge in [0.15, 0.2) is 0 Å². The molecule has 0 aromatic rings. The first-order valence-electron chi connectivity index (χ1n) is 8.07. The zero-order chi connectivity index (χ0) is 12.8. The van der Waals surface area contributed by atoms with Crippen molar-refractivity contribution in [3.05, 3.63) is 0 Å². The van der Waals surface area contributed by atoms with Gasteiger partial charge in [-0.25, -0.2) is 0 Å². The van der Waals surface area contributed by atoms with Crippen molar-refractivity contribution in [2.24, 2.45) is 0 Å². The van der Waals surface area contributed by atoms with Crippen molar-refractivity contribution in [1.82, 2.24) is 4.90 Å². The number of rotatable bonds is 13. The van der Waals surface area contributed by atoms with E-state index in [4.69, 9.17) is 0 Å². The van der Waals surface area contributed by atoms with Gasteiger partial charge >= 0.3 is 0 Å². The minimum absolute atomic E-state index is 1.31. The van der Waals surface area contributed by atoms with Crippen LogP contribution in [-0.4, -0.2) is 24.5 Å². The van der Waals surface area contributed by atoms with E-state index in [1.54, 1.807) is 0 Å². The predicted molar refractivity (Wildman–Crippen MR) is 79.6 cm³/mol. The Bertz CT molecular complexity index is 133. The van der Waals surface area contributed by atoms with Gasteiger partial charge in [0.2, 0.25) is 0 Å². The van der Waals surface area contributed by atoms with Crippen LogP contribution >= 0.6 is 0 Å². The molecule has 104 valence electrons. The quantitative estimate of drug-likeness (QED) is 0.398. The Labute approximate surface area is 110 Å². The third kappa shape index (κ3) is 12.2. The maximum atomic E-state index is 2.68. The summed E-state index contributed by atoms with van der Waals surface area (Å²) in [5.74, 6) is 0. The van der Waals surface area contributed by atoms with Crippen molar-refractivity contribution < 1.29 is 0 Å². The fraction of sp³-hybridized carbons (Fsp3) is 1.00. The predicted octanol–water partition coefficient (Wildman–Crippen LogP) is 5.25. The van der Waals surface area contributed by atoms with Crippen LogP contribution in [0.25, 0.3) is 0 Å². The van der Waals surface area contributed by atoms with Crippen molar-refractivity contribution in [1.29, 1.82) is 0 Å². The van der Waals surface area contributed by atoms with E-state index >= 15 is 0 Å². The van der Waals surface area contributed by atoms with Crippen LogP contribution in [0.3, 0.4) is 0 Å². The van der Waals surface area contributed by atoms with Crippen LogP contribution in [0, 0.1) is 0 Å². The number of hydrogen-bond donors (Lipinski definition) is 0. The molecule has 0 amide bonds. The fourth-order valence-corrected chi connectivity index (χ4v) is 2.35. The summed E-state index contributed by atoms with van der Waals surface area (Å²) in [4.78, 5) is 2.68. The molecule has 0 aromatic carbocycles. The second-order valence-electron chi connectivity index (χ2n) is 5.32. The van der Waals surface area contributed by atoms with Gasteiger partial charge in [0.05, 0.1) is 0 Å². The van der Waals surface area contributed by atoms with Crippen LogP contribution in [0.5, 0.6) is 0 Å². The fourth-order valence-electron chi connectivity index (χ4n) is 2.35. The summed E-state index contributed by atoms with van der Waals surface area (Å²) in [6, 6.07) is 0. The summed E-state index contributed by atoms with van der Waals surface area (Å²) in [5, 5.41) is 0. The van der Waals surface area contributed by atoms with E-state index in [1.807, 2.05) is 0 Å². The minimum atomic E-state index is 1.31. The molecule has 0 spiro atoms. The highest BCUT2D eigenvalue weighted by molar-refractivity contribution is 4.58. The summed E-state index contributed by atoms with van der Waals surface area (Å²) in [7, 11) is 0. The maximum Gasteiger partial charge on any atom is -0.00187 e. The van der Waals surface area contributed by atoms with Crippen LogP contribution < -0.4 is 0 Å². The first-order chi connectivity index (χ1) is 8.35. The lowest BCUT2D eigenvalue weighted by Crippen LogP contribution is -2.26. The van der Waals surface area contributed by atoms with E-state index in [9.17, 15) is 0 Å². The van der Waals surface area contributed by atoms with Gasteiger partial charge in [0, 0.05) is 0 Å². The highest BCUT2D eigenvalue weighted by Gasteiger charge is 2.02. The molecule has 0 fully saturated rings. The van der Waals surface area contributed by atoms with Gasteiger partial charge in [0.1, 0.15) is 0 Å². The molecule has 1 nitrogen and oxygen atoms in total. The lowest BCUT2D eigenvalue weighted by atomic mass is 10.1. The normalized spacial score (nSPS) is 11.3. The van der Waals surface area contributed by atoms with E-state index in [1.165, 1.54) is 83.8 Å². The third-order valence-corrected chi connectivity index (χ3v) is 3.45. The minimum Gasteiger partial charge on any atom is -0.303 e. The van der Waals surface area contributed by atoms with Gasteiger partial charge in [-0.1, -0.05) is 65.7 Å². The van der Waals surface area contributed by atoms with Crippen LogP contribution in [-0.2, 0) is 0 Å². The molecule has 0 aliphatic heterocycles. The van der Waals surface area contributed by atoms with Crippen molar-refractivity contribution in [2.75, 3.05) is 19.6 Å². The summed E-state index contributed by atoms with van der Waals surface area (Å²) >= 11 is 0. The van der Waals surface area contributed by atoms with Gasteiger partial charge in [-0.2, -0.15) is 0 Å². The largest absolute Gasteiger partial charge is 0.303 e. The molecule has 0 rings (SSSR count). The Morgan fingerprint density at radius 3 is 1.41 bits per heavy atom. The summed E-state index contributed by atoms with van der Waals surface area (Å²) in [6.45, 7) is 10.9. The number of unbranched alkanes of at least 4 members (excludes halogenated alkanes) is 7. The molecule has 0 saturated heterocycles. The lowest BCUT2D eigenvalue weighted by Gasteiger charge is -2.21. The van der Waals surface area contributed by atoms with Gasteiger partial charge in [-0.15, -0.1) is 0 Å². The standard InChI is InChI=1S/C16H35N/c1-4-7-9-11-13-16-17(14-6-3)15-12-10-8-5-2/h4-16H2,1-3H3. The SMILES string of the molecule is CCCCCCCN(CCC)CCCCCC. The molecule has 17 heavy (non-hydrogen) atoms. The first kappa shape index (κ1) is 17.0. The second kappa shape index (κ2) is 14.0. The molecule has 0 saturated carbocycles. The van der Waals surface area contributed by atoms with Crippen LogP contribution in [0.2, 0.25) is 0 Å². The van der Waals surface area contributed by atoms with Crippen LogP contribution in [0.1, 0.15) is 85.0 Å². The number of hydrogen-bond acceptors (Lipinski definition) is 1. The number of nitrogens with zero attached hydrogens (tertiary/aromatic N) is 1. The Kier molecular flexibility index (Phi) is 14.0. The van der Waals surface area contributed by atoms with E-state index < -0.39 is 0 Å². The first-order valence-corrected chi connectivity index (χ1v) is 8.07. The van der Waals surface area contributed by atoms with Gasteiger partial charge < -0.3 is 4.90 Å². The highest BCUT2D eigenvalue weighted by atomic mass is 15.1. The Hall–Kier alpha value is -0.0400. The average molecular weight is 241 g/mol. The molecule has 1 heteroatoms. The molecule has 0 bridgehead atoms. The van der Waals surface area contributed by atoms with Crippen molar-refractivity contribution in [3.8, 4) is 0 Å². The molecule has 0 aromatic heterocycles. The van der Waals surface area contributed by atoms with Crippen LogP contribution in [0.15, 0.2) is 0 Å². The summed E-state index contributed by atoms with van der Waals surface area (Å²) in [6.07, 6.45) is 14.0. The van der Waals surface area contributed by atoms with Crippen molar-refractivity contribution in [2.45, 2.75) is 85.0 Å². The molecule has 0 N–H and O–H groups in total. The van der Waals surface area contributed by atoms with E-state index in [-0.39, 0.29) is 0 Å². The smallest absolute Gasteiger partial charge is 0.00187 e. The topological polar surface area (TPSA) is 3.24 Å². The summed E-state index contributed by atoms with van der Waals surface area (Å²) < 4.78 is 0. The van der Waals surface area contributed by atoms with Crippen molar-refractivity contribution >= 4 is 0 Å². The average Bonchev–Trinajstić information content (AvgIpc) is 2.34. The molecule has 0 aliphatic rings. The Balaban J connectivity index is 3.45. The van der Waals surface area contributed by atoms with Gasteiger partial charge in [0.25, 0.3) is 0 Å². The van der Waals surface area contributed by atoms with E-state index in [0.29, 0.717) is 0 Å². The van der Waals surface area contributed by atoms with E-state index in [2.05, 4.69) is 25.7 Å². The molecular weight excluding hydrogens is 206 g/mol. The zero-order valence-electron chi connectivity index (χ0n) is 12.6. The molecule has 0 aliphatic carbocycles. The monoisotopic (exact) mass is 241 g/mol. The maximum absolute atomic E-state index is 2.68. The third-order valence-electron chi connectivity index (χ3n) is 3.45. The second-order valence-corrected chi connectivity index (χ2v) is 5.32. The molecule has 0 atom stereocenters. The van der Waals surface area contributed by atoms with E-state index in [0.717, 1.165) is 0 Å².